The van der Waals surface area contributed by atoms with E-state index in [9.17, 15) is 4.79 Å². The normalized spacial score (nSPS) is 32.7. The van der Waals surface area contributed by atoms with Gasteiger partial charge in [0.25, 0.3) is 5.91 Å². The maximum Gasteiger partial charge on any atom is 0.251 e. The van der Waals surface area contributed by atoms with Crippen LogP contribution in [0.3, 0.4) is 0 Å². The van der Waals surface area contributed by atoms with E-state index >= 15 is 0 Å². The van der Waals surface area contributed by atoms with E-state index in [4.69, 9.17) is 9.47 Å². The van der Waals surface area contributed by atoms with E-state index in [2.05, 4.69) is 10.2 Å². The van der Waals surface area contributed by atoms with Crippen molar-refractivity contribution in [1.82, 2.24) is 10.2 Å². The first-order chi connectivity index (χ1) is 12.8. The van der Waals surface area contributed by atoms with Crippen LogP contribution < -0.4 is 10.1 Å². The topological polar surface area (TPSA) is 50.8 Å². The van der Waals surface area contributed by atoms with E-state index in [0.717, 1.165) is 37.4 Å². The summed E-state index contributed by atoms with van der Waals surface area (Å²) in [4.78, 5) is 15.5. The number of ether oxygens (including phenoxy) is 2. The Labute approximate surface area is 153 Å². The molecule has 4 atom stereocenters. The lowest BCUT2D eigenvalue weighted by molar-refractivity contribution is -0.125. The van der Waals surface area contributed by atoms with Gasteiger partial charge in [-0.05, 0) is 50.6 Å². The lowest BCUT2D eigenvalue weighted by Gasteiger charge is -2.51. The van der Waals surface area contributed by atoms with Gasteiger partial charge in [0.15, 0.2) is 0 Å². The summed E-state index contributed by atoms with van der Waals surface area (Å²) >= 11 is 0. The fraction of sp³-hybridized carbons (Fsp3) is 0.476. The van der Waals surface area contributed by atoms with Crippen LogP contribution in [-0.2, 0) is 9.53 Å². The first kappa shape index (κ1) is 16.1. The molecule has 2 saturated heterocycles. The number of hydrogen-bond donors (Lipinski definition) is 1. The quantitative estimate of drug-likeness (QED) is 0.907. The van der Waals surface area contributed by atoms with Crippen LogP contribution in [0.1, 0.15) is 24.8 Å². The number of nitrogens with one attached hydrogen (secondary N) is 1. The highest BCUT2D eigenvalue weighted by Gasteiger charge is 2.56. The molecule has 1 aromatic rings. The van der Waals surface area contributed by atoms with E-state index in [1.807, 2.05) is 30.3 Å². The molecule has 3 aliphatic heterocycles. The molecule has 1 aromatic carbocycles. The third kappa shape index (κ3) is 2.66. The third-order valence-corrected chi connectivity index (χ3v) is 6.14. The SMILES string of the molecule is O=C(N[C@H]1[C@H]2CCO[C@H]2[C@@H]1N1CCCC1)C1=Cc2ccccc2OC=C1. The third-order valence-electron chi connectivity index (χ3n) is 6.14. The van der Waals surface area contributed by atoms with Gasteiger partial charge in [-0.3, -0.25) is 9.69 Å². The van der Waals surface area contributed by atoms with Gasteiger partial charge in [-0.1, -0.05) is 18.2 Å². The molecule has 0 aromatic heterocycles. The number of benzene rings is 1. The number of nitrogens with zero attached hydrogens (tertiary/aromatic N) is 1. The van der Waals surface area contributed by atoms with Crippen molar-refractivity contribution in [3.8, 4) is 5.75 Å². The highest BCUT2D eigenvalue weighted by atomic mass is 16.5. The summed E-state index contributed by atoms with van der Waals surface area (Å²) in [5, 5.41) is 3.31. The molecule has 5 heteroatoms. The van der Waals surface area contributed by atoms with Crippen LogP contribution in [0.25, 0.3) is 6.08 Å². The molecule has 3 heterocycles. The van der Waals surface area contributed by atoms with Gasteiger partial charge in [-0.25, -0.2) is 0 Å². The van der Waals surface area contributed by atoms with Crippen LogP contribution in [0.2, 0.25) is 0 Å². The minimum atomic E-state index is -0.0268. The number of carbonyl (C=O) groups is 1. The Morgan fingerprint density at radius 2 is 2.04 bits per heavy atom. The first-order valence-electron chi connectivity index (χ1n) is 9.62. The van der Waals surface area contributed by atoms with Crippen molar-refractivity contribution in [1.29, 1.82) is 0 Å². The lowest BCUT2D eigenvalue weighted by atomic mass is 9.70. The average Bonchev–Trinajstić information content (AvgIpc) is 3.26. The molecule has 136 valence electrons. The average molecular weight is 352 g/mol. The van der Waals surface area contributed by atoms with Crippen molar-refractivity contribution in [2.45, 2.75) is 37.5 Å². The zero-order chi connectivity index (χ0) is 17.5. The van der Waals surface area contributed by atoms with Gasteiger partial charge < -0.3 is 14.8 Å². The number of rotatable bonds is 3. The first-order valence-corrected chi connectivity index (χ1v) is 9.62. The van der Waals surface area contributed by atoms with Crippen LogP contribution in [0, 0.1) is 5.92 Å². The summed E-state index contributed by atoms with van der Waals surface area (Å²) in [5.41, 5.74) is 1.56. The fourth-order valence-corrected chi connectivity index (χ4v) is 4.82. The van der Waals surface area contributed by atoms with Crippen LogP contribution in [0.4, 0.5) is 0 Å². The number of amides is 1. The predicted octanol–water partition coefficient (Wildman–Crippen LogP) is 2.34. The monoisotopic (exact) mass is 352 g/mol. The lowest BCUT2D eigenvalue weighted by Crippen LogP contribution is -2.70. The maximum atomic E-state index is 13.0. The van der Waals surface area contributed by atoms with Crippen LogP contribution in [-0.4, -0.2) is 48.7 Å². The minimum Gasteiger partial charge on any atom is -0.464 e. The van der Waals surface area contributed by atoms with Crippen molar-refractivity contribution in [2.24, 2.45) is 5.92 Å². The zero-order valence-electron chi connectivity index (χ0n) is 14.8. The van der Waals surface area contributed by atoms with E-state index in [-0.39, 0.29) is 11.9 Å². The van der Waals surface area contributed by atoms with E-state index in [0.29, 0.717) is 23.6 Å². The minimum absolute atomic E-state index is 0.0268. The summed E-state index contributed by atoms with van der Waals surface area (Å²) in [6.45, 7) is 3.05. The number of likely N-dealkylation sites (tertiary alicyclic amines) is 1. The molecule has 1 saturated carbocycles. The van der Waals surface area contributed by atoms with E-state index < -0.39 is 0 Å². The summed E-state index contributed by atoms with van der Waals surface area (Å²) in [6, 6.07) is 8.27. The van der Waals surface area contributed by atoms with Gasteiger partial charge in [0.2, 0.25) is 0 Å². The number of carbonyl (C=O) groups excluding carboxylic acids is 1. The molecule has 4 aliphatic rings. The molecule has 1 amide bonds. The summed E-state index contributed by atoms with van der Waals surface area (Å²) in [7, 11) is 0. The van der Waals surface area contributed by atoms with Crippen molar-refractivity contribution in [3.63, 3.8) is 0 Å². The zero-order valence-corrected chi connectivity index (χ0v) is 14.8. The van der Waals surface area contributed by atoms with Gasteiger partial charge in [-0.2, -0.15) is 0 Å². The molecule has 5 nitrogen and oxygen atoms in total. The molecule has 0 radical (unpaired) electrons. The molecule has 0 unspecified atom stereocenters. The standard InChI is InChI=1S/C21H24N2O3/c24-21(15-7-11-25-17-6-2-1-5-14(17)13-15)22-18-16-8-12-26-20(16)19(18)23-9-3-4-10-23/h1-2,5-7,11,13,16,18-20H,3-4,8-10,12H2,(H,22,24)/t16-,18+,19-,20-/m1/s1. The summed E-state index contributed by atoms with van der Waals surface area (Å²) in [6.07, 6.45) is 9.08. The predicted molar refractivity (Wildman–Crippen MR) is 98.6 cm³/mol. The number of fused-ring (bicyclic) bond motifs is 2. The van der Waals surface area contributed by atoms with E-state index in [1.165, 1.54) is 12.8 Å². The summed E-state index contributed by atoms with van der Waals surface area (Å²) < 4.78 is 11.6. The van der Waals surface area contributed by atoms with Crippen molar-refractivity contribution < 1.29 is 14.3 Å². The molecule has 5 rings (SSSR count). The van der Waals surface area contributed by atoms with Crippen LogP contribution >= 0.6 is 0 Å². The number of para-hydroxylation sites is 1. The molecular weight excluding hydrogens is 328 g/mol. The van der Waals surface area contributed by atoms with Gasteiger partial charge in [0.1, 0.15) is 5.75 Å². The van der Waals surface area contributed by atoms with Gasteiger partial charge in [0, 0.05) is 23.7 Å². The van der Waals surface area contributed by atoms with Gasteiger partial charge in [-0.15, -0.1) is 0 Å². The largest absolute Gasteiger partial charge is 0.464 e. The highest BCUT2D eigenvalue weighted by Crippen LogP contribution is 2.43. The molecule has 0 bridgehead atoms. The molecular formula is C21H24N2O3. The maximum absolute atomic E-state index is 13.0. The Morgan fingerprint density at radius 3 is 2.92 bits per heavy atom. The fourth-order valence-electron chi connectivity index (χ4n) is 4.82. The van der Waals surface area contributed by atoms with Crippen LogP contribution in [0.5, 0.6) is 5.75 Å². The Hall–Kier alpha value is -2.11. The Bertz CT molecular complexity index is 762. The van der Waals surface area contributed by atoms with Crippen molar-refractivity contribution in [2.75, 3.05) is 19.7 Å². The number of hydrogen-bond acceptors (Lipinski definition) is 4. The second kappa shape index (κ2) is 6.56. The molecule has 1 aliphatic carbocycles. The second-order valence-corrected chi connectivity index (χ2v) is 7.58. The molecule has 26 heavy (non-hydrogen) atoms. The molecule has 3 fully saturated rings. The van der Waals surface area contributed by atoms with Crippen molar-refractivity contribution >= 4 is 12.0 Å². The van der Waals surface area contributed by atoms with E-state index in [1.54, 1.807) is 12.3 Å². The second-order valence-electron chi connectivity index (χ2n) is 7.58. The molecule has 1 N–H and O–H groups in total. The highest BCUT2D eigenvalue weighted by molar-refractivity contribution is 6.01. The van der Waals surface area contributed by atoms with Crippen molar-refractivity contribution in [3.05, 3.63) is 47.7 Å². The Balaban J connectivity index is 1.35. The van der Waals surface area contributed by atoms with Crippen LogP contribution in [0.15, 0.2) is 42.2 Å². The summed E-state index contributed by atoms with van der Waals surface area (Å²) in [5.74, 6) is 1.19. The molecule has 0 spiro atoms. The Morgan fingerprint density at radius 1 is 1.19 bits per heavy atom. The van der Waals surface area contributed by atoms with Gasteiger partial charge >= 0.3 is 0 Å². The Kier molecular flexibility index (Phi) is 4.06. The smallest absolute Gasteiger partial charge is 0.251 e. The van der Waals surface area contributed by atoms with Gasteiger partial charge in [0.05, 0.1) is 24.4 Å².